The second kappa shape index (κ2) is 13.8. The van der Waals surface area contributed by atoms with Crippen LogP contribution in [0.5, 0.6) is 0 Å². The van der Waals surface area contributed by atoms with Gasteiger partial charge in [-0.15, -0.1) is 0 Å². The van der Waals surface area contributed by atoms with Crippen molar-refractivity contribution in [1.29, 1.82) is 0 Å². The van der Waals surface area contributed by atoms with E-state index in [4.69, 9.17) is 5.11 Å². The molecule has 44 heavy (non-hydrogen) atoms. The summed E-state index contributed by atoms with van der Waals surface area (Å²) in [7, 11) is 0. The van der Waals surface area contributed by atoms with Crippen LogP contribution in [-0.4, -0.2) is 70.5 Å². The van der Waals surface area contributed by atoms with E-state index in [-0.39, 0.29) is 11.6 Å². The fraction of sp³-hybridized carbons (Fsp3) is 0.385. The Bertz CT molecular complexity index is 1220. The number of hydrogen-bond acceptors (Lipinski definition) is 5. The van der Waals surface area contributed by atoms with Crippen LogP contribution in [0.3, 0.4) is 0 Å². The zero-order valence-corrected chi connectivity index (χ0v) is 26.7. The molecular weight excluding hydrogens is 542 g/mol. The molecule has 0 radical (unpaired) electrons. The van der Waals surface area contributed by atoms with Crippen LogP contribution in [0.2, 0.25) is 0 Å². The number of aliphatic hydroxyl groups is 2. The molecule has 0 amide bonds. The summed E-state index contributed by atoms with van der Waals surface area (Å²) in [6, 6.07) is 43.3. The Kier molecular flexibility index (Phi) is 10.0. The Hall–Kier alpha value is -3.32. The molecule has 0 spiro atoms. The summed E-state index contributed by atoms with van der Waals surface area (Å²) in [5, 5.41) is 21.8. The molecule has 0 atom stereocenters. The Morgan fingerprint density at radius 1 is 0.477 bits per heavy atom. The molecule has 5 heteroatoms. The van der Waals surface area contributed by atoms with Crippen LogP contribution in [0.25, 0.3) is 0 Å². The van der Waals surface area contributed by atoms with Gasteiger partial charge in [-0.3, -0.25) is 9.80 Å². The van der Waals surface area contributed by atoms with Crippen LogP contribution in [0.15, 0.2) is 121 Å². The van der Waals surface area contributed by atoms with E-state index in [0.29, 0.717) is 11.5 Å². The molecular formula is C39H49N3O2. The van der Waals surface area contributed by atoms with Crippen molar-refractivity contribution in [2.24, 2.45) is 5.41 Å². The van der Waals surface area contributed by atoms with Crippen molar-refractivity contribution in [2.75, 3.05) is 39.3 Å². The summed E-state index contributed by atoms with van der Waals surface area (Å²) < 4.78 is 0. The highest BCUT2D eigenvalue weighted by Crippen LogP contribution is 2.39. The maximum atomic E-state index is 9.98. The first-order valence-electron chi connectivity index (χ1n) is 15.9. The van der Waals surface area contributed by atoms with E-state index in [1.165, 1.54) is 35.3 Å². The van der Waals surface area contributed by atoms with Crippen LogP contribution in [0.1, 0.15) is 62.0 Å². The van der Waals surface area contributed by atoms with Crippen molar-refractivity contribution in [3.05, 3.63) is 144 Å². The maximum absolute atomic E-state index is 9.98. The maximum Gasteiger partial charge on any atom is 0.0872 e. The molecule has 232 valence electrons. The Morgan fingerprint density at radius 3 is 0.955 bits per heavy atom. The topological polar surface area (TPSA) is 59.0 Å². The quantitative estimate of drug-likeness (QED) is 0.246. The third kappa shape index (κ3) is 8.44. The van der Waals surface area contributed by atoms with Gasteiger partial charge in [0.15, 0.2) is 0 Å². The summed E-state index contributed by atoms with van der Waals surface area (Å²) in [6.45, 7) is 13.7. The lowest BCUT2D eigenvalue weighted by Gasteiger charge is -2.50. The highest BCUT2D eigenvalue weighted by Gasteiger charge is 2.41. The fourth-order valence-corrected chi connectivity index (χ4v) is 6.50. The van der Waals surface area contributed by atoms with E-state index in [2.05, 4.69) is 138 Å². The van der Waals surface area contributed by atoms with Gasteiger partial charge < -0.3 is 15.5 Å². The third-order valence-corrected chi connectivity index (χ3v) is 8.55. The van der Waals surface area contributed by atoms with E-state index < -0.39 is 5.60 Å². The van der Waals surface area contributed by atoms with E-state index in [1.807, 2.05) is 26.0 Å². The second-order valence-electron chi connectivity index (χ2n) is 14.0. The van der Waals surface area contributed by atoms with Gasteiger partial charge in [0.05, 0.1) is 23.3 Å². The predicted octanol–water partition coefficient (Wildman–Crippen LogP) is 6.30. The highest BCUT2D eigenvalue weighted by molar-refractivity contribution is 5.34. The third-order valence-electron chi connectivity index (χ3n) is 8.55. The van der Waals surface area contributed by atoms with Gasteiger partial charge in [0, 0.05) is 39.3 Å². The van der Waals surface area contributed by atoms with Crippen molar-refractivity contribution in [3.8, 4) is 0 Å². The summed E-state index contributed by atoms with van der Waals surface area (Å²) in [5.41, 5.74) is 4.88. The smallest absolute Gasteiger partial charge is 0.0872 e. The van der Waals surface area contributed by atoms with E-state index in [9.17, 15) is 5.11 Å². The number of β-amino-alcohol motifs (C(OH)–C–C–N with tert-alkyl or cyclic N) is 2. The SMILES string of the molecule is CC1(C)CN(C(c2ccccc2)c2ccccc2)C1.CC1(O)CN(C(c2ccccc2)c2ccccc2)C1.CC1(O)CNC1. The number of hydrogen-bond donors (Lipinski definition) is 3. The number of likely N-dealkylation sites (tertiary alicyclic amines) is 2. The zero-order valence-electron chi connectivity index (χ0n) is 26.7. The summed E-state index contributed by atoms with van der Waals surface area (Å²) >= 11 is 0. The first kappa shape index (κ1) is 32.1. The Morgan fingerprint density at radius 2 is 0.750 bits per heavy atom. The second-order valence-corrected chi connectivity index (χ2v) is 14.0. The number of nitrogens with zero attached hydrogens (tertiary/aromatic N) is 2. The monoisotopic (exact) mass is 591 g/mol. The predicted molar refractivity (Wildman–Crippen MR) is 180 cm³/mol. The van der Waals surface area contributed by atoms with E-state index in [0.717, 1.165) is 26.2 Å². The van der Waals surface area contributed by atoms with Crippen LogP contribution in [0.4, 0.5) is 0 Å². The number of nitrogens with one attached hydrogen (secondary N) is 1. The van der Waals surface area contributed by atoms with Gasteiger partial charge in [-0.25, -0.2) is 0 Å². The molecule has 5 nitrogen and oxygen atoms in total. The molecule has 0 saturated carbocycles. The van der Waals surface area contributed by atoms with Crippen LogP contribution >= 0.6 is 0 Å². The zero-order chi connectivity index (χ0) is 31.2. The molecule has 3 N–H and O–H groups in total. The minimum Gasteiger partial charge on any atom is -0.388 e. The average molecular weight is 592 g/mol. The van der Waals surface area contributed by atoms with Crippen molar-refractivity contribution in [3.63, 3.8) is 0 Å². The van der Waals surface area contributed by atoms with Crippen molar-refractivity contribution in [2.45, 2.75) is 51.0 Å². The first-order chi connectivity index (χ1) is 21.0. The van der Waals surface area contributed by atoms with Crippen molar-refractivity contribution >= 4 is 0 Å². The highest BCUT2D eigenvalue weighted by atomic mass is 16.3. The first-order valence-corrected chi connectivity index (χ1v) is 15.9. The molecule has 3 saturated heterocycles. The summed E-state index contributed by atoms with van der Waals surface area (Å²) in [4.78, 5) is 4.90. The van der Waals surface area contributed by atoms with Gasteiger partial charge >= 0.3 is 0 Å². The average Bonchev–Trinajstić information content (AvgIpc) is 2.98. The van der Waals surface area contributed by atoms with Crippen molar-refractivity contribution in [1.82, 2.24) is 15.1 Å². The molecule has 4 aromatic rings. The van der Waals surface area contributed by atoms with Crippen LogP contribution < -0.4 is 5.32 Å². The van der Waals surface area contributed by atoms with Gasteiger partial charge in [0.25, 0.3) is 0 Å². The minimum atomic E-state index is -0.540. The van der Waals surface area contributed by atoms with Crippen LogP contribution in [-0.2, 0) is 0 Å². The Balaban J connectivity index is 0.000000147. The summed E-state index contributed by atoms with van der Waals surface area (Å²) in [5.74, 6) is 0. The standard InChI is InChI=1S/C18H21N.C17H19NO.C4H9NO/c1-18(2)13-19(14-18)17(15-9-5-3-6-10-15)16-11-7-4-8-12-16;1-17(19)12-18(13-17)16(14-8-4-2-5-9-14)15-10-6-3-7-11-15;1-4(6)2-5-3-4/h3-12,17H,13-14H2,1-2H3;2-11,16,19H,12-13H2,1H3;5-6H,2-3H2,1H3. The molecule has 0 bridgehead atoms. The number of rotatable bonds is 6. The normalized spacial score (nSPS) is 19.7. The molecule has 0 aromatic heterocycles. The lowest BCUT2D eigenvalue weighted by atomic mass is 9.81. The number of benzene rings is 4. The summed E-state index contributed by atoms with van der Waals surface area (Å²) in [6.07, 6.45) is 0. The van der Waals surface area contributed by atoms with Gasteiger partial charge in [0.2, 0.25) is 0 Å². The van der Waals surface area contributed by atoms with E-state index >= 15 is 0 Å². The van der Waals surface area contributed by atoms with E-state index in [1.54, 1.807) is 0 Å². The van der Waals surface area contributed by atoms with Gasteiger partial charge in [-0.1, -0.05) is 135 Å². The molecule has 3 aliphatic rings. The van der Waals surface area contributed by atoms with Crippen molar-refractivity contribution < 1.29 is 10.2 Å². The minimum absolute atomic E-state index is 0.239. The molecule has 3 heterocycles. The molecule has 0 aliphatic carbocycles. The van der Waals surface area contributed by atoms with Gasteiger partial charge in [-0.05, 0) is 41.5 Å². The van der Waals surface area contributed by atoms with Gasteiger partial charge in [-0.2, -0.15) is 0 Å². The molecule has 7 rings (SSSR count). The fourth-order valence-electron chi connectivity index (χ4n) is 6.50. The Labute approximate surface area is 264 Å². The lowest BCUT2D eigenvalue weighted by molar-refractivity contribution is -0.0964. The van der Waals surface area contributed by atoms with Crippen LogP contribution in [0, 0.1) is 5.41 Å². The molecule has 3 fully saturated rings. The largest absolute Gasteiger partial charge is 0.388 e. The molecule has 3 aliphatic heterocycles. The molecule has 4 aromatic carbocycles. The lowest BCUT2D eigenvalue weighted by Crippen LogP contribution is -2.60. The van der Waals surface area contributed by atoms with Gasteiger partial charge in [0.1, 0.15) is 0 Å². The molecule has 0 unspecified atom stereocenters.